The van der Waals surface area contributed by atoms with Gasteiger partial charge in [-0.1, -0.05) is 0 Å². The third kappa shape index (κ3) is 2.28. The lowest BCUT2D eigenvalue weighted by Crippen LogP contribution is -2.57. The molecule has 0 aromatic heterocycles. The molecule has 0 aromatic rings. The van der Waals surface area contributed by atoms with E-state index in [9.17, 15) is 4.79 Å². The molecule has 1 amide bonds. The molecule has 0 saturated carbocycles. The molecule has 19 heavy (non-hydrogen) atoms. The molecular formula is C14H25N3O2. The van der Waals surface area contributed by atoms with Crippen LogP contribution < -0.4 is 11.1 Å². The summed E-state index contributed by atoms with van der Waals surface area (Å²) in [5.41, 5.74) is 5.74. The average molecular weight is 267 g/mol. The van der Waals surface area contributed by atoms with Crippen molar-refractivity contribution in [2.75, 3.05) is 39.4 Å². The second-order valence-electron chi connectivity index (χ2n) is 6.77. The number of hydrogen-bond donors (Lipinski definition) is 2. The Morgan fingerprint density at radius 1 is 1.42 bits per heavy atom. The van der Waals surface area contributed by atoms with E-state index in [1.165, 1.54) is 0 Å². The summed E-state index contributed by atoms with van der Waals surface area (Å²) in [7, 11) is 0. The molecule has 3 saturated heterocycles. The summed E-state index contributed by atoms with van der Waals surface area (Å²) in [5.74, 6) is 0.734. The first-order chi connectivity index (χ1) is 9.04. The van der Waals surface area contributed by atoms with Crippen LogP contribution >= 0.6 is 0 Å². The molecule has 0 bridgehead atoms. The number of hydrogen-bond acceptors (Lipinski definition) is 4. The van der Waals surface area contributed by atoms with Crippen LogP contribution in [0, 0.1) is 11.3 Å². The predicted octanol–water partition coefficient (Wildman–Crippen LogP) is -0.0477. The zero-order valence-electron chi connectivity index (χ0n) is 11.8. The van der Waals surface area contributed by atoms with E-state index in [0.29, 0.717) is 12.5 Å². The second kappa shape index (κ2) is 4.72. The van der Waals surface area contributed by atoms with Crippen LogP contribution in [0.4, 0.5) is 0 Å². The maximum absolute atomic E-state index is 12.9. The van der Waals surface area contributed by atoms with E-state index in [1.807, 2.05) is 4.90 Å². The van der Waals surface area contributed by atoms with Crippen LogP contribution in [-0.2, 0) is 9.53 Å². The van der Waals surface area contributed by atoms with Gasteiger partial charge in [0, 0.05) is 31.8 Å². The number of likely N-dealkylation sites (tertiary alicyclic amines) is 1. The quantitative estimate of drug-likeness (QED) is 0.699. The normalized spacial score (nSPS) is 38.0. The van der Waals surface area contributed by atoms with Crippen LogP contribution in [0.2, 0.25) is 0 Å². The molecule has 0 aromatic carbocycles. The van der Waals surface area contributed by atoms with Crippen molar-refractivity contribution in [1.29, 1.82) is 0 Å². The zero-order valence-corrected chi connectivity index (χ0v) is 11.8. The number of fused-ring (bicyclic) bond motifs is 1. The lowest BCUT2D eigenvalue weighted by atomic mass is 9.74. The zero-order chi connectivity index (χ0) is 13.5. The third-order valence-corrected chi connectivity index (χ3v) is 5.20. The number of nitrogens with two attached hydrogens (primary N) is 1. The van der Waals surface area contributed by atoms with Crippen LogP contribution in [0.1, 0.15) is 26.2 Å². The van der Waals surface area contributed by atoms with Gasteiger partial charge in [-0.2, -0.15) is 0 Å². The molecule has 108 valence electrons. The summed E-state index contributed by atoms with van der Waals surface area (Å²) in [4.78, 5) is 14.9. The molecule has 5 heteroatoms. The second-order valence-corrected chi connectivity index (χ2v) is 6.77. The standard InChI is InChI=1S/C14H25N3O2/c1-13(15)3-5-17(6-4-13)12(18)14-9-16-8-11(14)2-7-19-10-14/h11,16H,2-10,15H2,1H3/t11-,14+/m1/s1. The van der Waals surface area contributed by atoms with Crippen molar-refractivity contribution < 1.29 is 9.53 Å². The number of ether oxygens (including phenoxy) is 1. The Labute approximate surface area is 114 Å². The number of amides is 1. The Balaban J connectivity index is 1.72. The summed E-state index contributed by atoms with van der Waals surface area (Å²) in [6.45, 7) is 6.77. The van der Waals surface area contributed by atoms with Gasteiger partial charge in [-0.15, -0.1) is 0 Å². The van der Waals surface area contributed by atoms with Gasteiger partial charge in [0.05, 0.1) is 12.0 Å². The molecule has 0 spiro atoms. The molecule has 3 rings (SSSR count). The lowest BCUT2D eigenvalue weighted by molar-refractivity contribution is -0.154. The van der Waals surface area contributed by atoms with Crippen molar-refractivity contribution in [3.05, 3.63) is 0 Å². The molecule has 0 radical (unpaired) electrons. The number of nitrogens with one attached hydrogen (secondary N) is 1. The molecule has 3 aliphatic rings. The Morgan fingerprint density at radius 3 is 2.89 bits per heavy atom. The summed E-state index contributed by atoms with van der Waals surface area (Å²) < 4.78 is 5.63. The van der Waals surface area contributed by atoms with Gasteiger partial charge in [-0.3, -0.25) is 4.79 Å². The molecule has 0 unspecified atom stereocenters. The Bertz CT molecular complexity index is 362. The maximum Gasteiger partial charge on any atom is 0.232 e. The molecule has 3 fully saturated rings. The minimum Gasteiger partial charge on any atom is -0.380 e. The number of carbonyl (C=O) groups excluding carboxylic acids is 1. The van der Waals surface area contributed by atoms with Crippen molar-refractivity contribution in [3.8, 4) is 0 Å². The fourth-order valence-electron chi connectivity index (χ4n) is 3.68. The predicted molar refractivity (Wildman–Crippen MR) is 72.6 cm³/mol. The number of piperidine rings is 1. The van der Waals surface area contributed by atoms with Crippen molar-refractivity contribution in [2.24, 2.45) is 17.1 Å². The summed E-state index contributed by atoms with van der Waals surface area (Å²) in [6, 6.07) is 0. The van der Waals surface area contributed by atoms with Crippen molar-refractivity contribution in [1.82, 2.24) is 10.2 Å². The van der Waals surface area contributed by atoms with Crippen LogP contribution in [-0.4, -0.2) is 55.7 Å². The highest BCUT2D eigenvalue weighted by Gasteiger charge is 2.52. The Morgan fingerprint density at radius 2 is 2.16 bits per heavy atom. The molecule has 0 aliphatic carbocycles. The summed E-state index contributed by atoms with van der Waals surface area (Å²) >= 11 is 0. The summed E-state index contributed by atoms with van der Waals surface area (Å²) in [6.07, 6.45) is 2.79. The topological polar surface area (TPSA) is 67.6 Å². The largest absolute Gasteiger partial charge is 0.380 e. The van der Waals surface area contributed by atoms with Gasteiger partial charge in [-0.05, 0) is 38.6 Å². The number of rotatable bonds is 1. The van der Waals surface area contributed by atoms with Crippen molar-refractivity contribution in [3.63, 3.8) is 0 Å². The minimum absolute atomic E-state index is 0.106. The van der Waals surface area contributed by atoms with Crippen LogP contribution in [0.3, 0.4) is 0 Å². The first kappa shape index (κ1) is 13.3. The molecule has 3 aliphatic heterocycles. The van der Waals surface area contributed by atoms with Gasteiger partial charge in [-0.25, -0.2) is 0 Å². The molecule has 3 N–H and O–H groups in total. The van der Waals surface area contributed by atoms with E-state index < -0.39 is 0 Å². The molecule has 3 heterocycles. The van der Waals surface area contributed by atoms with Gasteiger partial charge in [0.15, 0.2) is 0 Å². The van der Waals surface area contributed by atoms with Gasteiger partial charge in [0.2, 0.25) is 5.91 Å². The van der Waals surface area contributed by atoms with Gasteiger partial charge in [0.25, 0.3) is 0 Å². The molecule has 2 atom stereocenters. The lowest BCUT2D eigenvalue weighted by Gasteiger charge is -2.44. The third-order valence-electron chi connectivity index (χ3n) is 5.20. The van der Waals surface area contributed by atoms with E-state index in [2.05, 4.69) is 12.2 Å². The fraction of sp³-hybridized carbons (Fsp3) is 0.929. The van der Waals surface area contributed by atoms with Crippen LogP contribution in [0.25, 0.3) is 0 Å². The monoisotopic (exact) mass is 267 g/mol. The fourth-order valence-corrected chi connectivity index (χ4v) is 3.68. The van der Waals surface area contributed by atoms with Crippen molar-refractivity contribution >= 4 is 5.91 Å². The highest BCUT2D eigenvalue weighted by Crippen LogP contribution is 2.40. The van der Waals surface area contributed by atoms with Gasteiger partial charge >= 0.3 is 0 Å². The van der Waals surface area contributed by atoms with Crippen LogP contribution in [0.5, 0.6) is 0 Å². The highest BCUT2D eigenvalue weighted by atomic mass is 16.5. The van der Waals surface area contributed by atoms with Gasteiger partial charge < -0.3 is 20.7 Å². The molecular weight excluding hydrogens is 242 g/mol. The van der Waals surface area contributed by atoms with Crippen molar-refractivity contribution in [2.45, 2.75) is 31.7 Å². The van der Waals surface area contributed by atoms with E-state index in [1.54, 1.807) is 0 Å². The summed E-state index contributed by atoms with van der Waals surface area (Å²) in [5, 5.41) is 3.39. The number of nitrogens with zero attached hydrogens (tertiary/aromatic N) is 1. The average Bonchev–Trinajstić information content (AvgIpc) is 2.83. The SMILES string of the molecule is CC1(N)CCN(C(=O)[C@]23CNC[C@H]2CCOC3)CC1. The first-order valence-corrected chi connectivity index (χ1v) is 7.40. The minimum atomic E-state index is -0.305. The molecule has 5 nitrogen and oxygen atoms in total. The van der Waals surface area contributed by atoms with E-state index in [0.717, 1.165) is 52.0 Å². The highest BCUT2D eigenvalue weighted by molar-refractivity contribution is 5.84. The number of carbonyl (C=O) groups is 1. The smallest absolute Gasteiger partial charge is 0.232 e. The Hall–Kier alpha value is -0.650. The van der Waals surface area contributed by atoms with Crippen LogP contribution in [0.15, 0.2) is 0 Å². The first-order valence-electron chi connectivity index (χ1n) is 7.40. The van der Waals surface area contributed by atoms with E-state index in [4.69, 9.17) is 10.5 Å². The van der Waals surface area contributed by atoms with E-state index >= 15 is 0 Å². The maximum atomic E-state index is 12.9. The van der Waals surface area contributed by atoms with E-state index in [-0.39, 0.29) is 16.9 Å². The van der Waals surface area contributed by atoms with Gasteiger partial charge in [0.1, 0.15) is 0 Å². The Kier molecular flexibility index (Phi) is 3.31.